The fourth-order valence-electron chi connectivity index (χ4n) is 3.43. The van der Waals surface area contributed by atoms with Crippen molar-refractivity contribution >= 4 is 17.3 Å². The largest absolute Gasteiger partial charge is 0.465 e. The van der Waals surface area contributed by atoms with Crippen molar-refractivity contribution in [1.82, 2.24) is 4.98 Å². The van der Waals surface area contributed by atoms with E-state index in [4.69, 9.17) is 9.72 Å². The predicted molar refractivity (Wildman–Crippen MR) is 80.3 cm³/mol. The summed E-state index contributed by atoms with van der Waals surface area (Å²) in [5, 5.41) is 1.28. The summed E-state index contributed by atoms with van der Waals surface area (Å²) in [6.45, 7) is 2.33. The lowest BCUT2D eigenvalue weighted by molar-refractivity contribution is -0.145. The van der Waals surface area contributed by atoms with Gasteiger partial charge in [-0.25, -0.2) is 4.98 Å². The third-order valence-electron chi connectivity index (χ3n) is 4.50. The highest BCUT2D eigenvalue weighted by molar-refractivity contribution is 7.11. The Morgan fingerprint density at radius 2 is 2.05 bits per heavy atom. The van der Waals surface area contributed by atoms with Crippen molar-refractivity contribution in [3.63, 3.8) is 0 Å². The van der Waals surface area contributed by atoms with Crippen molar-refractivity contribution in [3.05, 3.63) is 15.6 Å². The molecule has 0 bridgehead atoms. The summed E-state index contributed by atoms with van der Waals surface area (Å²) >= 11 is 1.86. The molecule has 1 fully saturated rings. The summed E-state index contributed by atoms with van der Waals surface area (Å²) < 4.78 is 5.22. The highest BCUT2D eigenvalue weighted by atomic mass is 32.1. The Morgan fingerprint density at radius 1 is 1.25 bits per heavy atom. The van der Waals surface area contributed by atoms with Crippen molar-refractivity contribution < 1.29 is 9.53 Å². The highest BCUT2D eigenvalue weighted by Crippen LogP contribution is 2.41. The van der Waals surface area contributed by atoms with E-state index in [0.29, 0.717) is 12.5 Å². The molecule has 1 aromatic rings. The van der Waals surface area contributed by atoms with Crippen LogP contribution < -0.4 is 0 Å². The first kappa shape index (κ1) is 14.1. The molecule has 110 valence electrons. The Bertz CT molecular complexity index is 477. The van der Waals surface area contributed by atoms with E-state index in [9.17, 15) is 4.79 Å². The van der Waals surface area contributed by atoms with Crippen LogP contribution in [0.15, 0.2) is 0 Å². The van der Waals surface area contributed by atoms with Gasteiger partial charge in [-0.05, 0) is 39.0 Å². The third-order valence-corrected chi connectivity index (χ3v) is 5.79. The SMILES string of the molecule is CCOC(=O)C1CCCc2sc(C3CCCCC3)nc21. The van der Waals surface area contributed by atoms with E-state index in [0.717, 1.165) is 25.0 Å². The minimum absolute atomic E-state index is 0.0751. The maximum absolute atomic E-state index is 12.1. The van der Waals surface area contributed by atoms with Crippen LogP contribution in [0.25, 0.3) is 0 Å². The second-order valence-corrected chi connectivity index (χ2v) is 7.01. The third kappa shape index (κ3) is 2.76. The molecule has 0 amide bonds. The van der Waals surface area contributed by atoms with Gasteiger partial charge in [0.25, 0.3) is 0 Å². The second-order valence-electron chi connectivity index (χ2n) is 5.89. The van der Waals surface area contributed by atoms with Crippen LogP contribution in [0.1, 0.15) is 79.3 Å². The van der Waals surface area contributed by atoms with Gasteiger partial charge in [0.05, 0.1) is 17.3 Å². The van der Waals surface area contributed by atoms with E-state index >= 15 is 0 Å². The van der Waals surface area contributed by atoms with Gasteiger partial charge in [0.1, 0.15) is 5.92 Å². The maximum atomic E-state index is 12.1. The smallest absolute Gasteiger partial charge is 0.315 e. The fraction of sp³-hybridized carbons (Fsp3) is 0.750. The maximum Gasteiger partial charge on any atom is 0.315 e. The van der Waals surface area contributed by atoms with Crippen molar-refractivity contribution in [2.24, 2.45) is 0 Å². The summed E-state index contributed by atoms with van der Waals surface area (Å²) in [5.41, 5.74) is 1.04. The van der Waals surface area contributed by atoms with Crippen molar-refractivity contribution in [2.45, 2.75) is 70.1 Å². The molecule has 0 aliphatic heterocycles. The summed E-state index contributed by atoms with van der Waals surface area (Å²) in [6, 6.07) is 0. The van der Waals surface area contributed by atoms with Crippen LogP contribution in [-0.2, 0) is 16.0 Å². The Morgan fingerprint density at radius 3 is 2.80 bits per heavy atom. The molecule has 1 atom stereocenters. The molecule has 3 rings (SSSR count). The molecule has 1 saturated carbocycles. The number of aromatic nitrogens is 1. The lowest BCUT2D eigenvalue weighted by Crippen LogP contribution is -2.20. The molecule has 0 aromatic carbocycles. The van der Waals surface area contributed by atoms with Crippen LogP contribution in [0, 0.1) is 0 Å². The molecule has 20 heavy (non-hydrogen) atoms. The number of hydrogen-bond donors (Lipinski definition) is 0. The number of carbonyl (C=O) groups excluding carboxylic acids is 1. The standard InChI is InChI=1S/C16H23NO2S/c1-2-19-16(18)12-9-6-10-13-14(12)17-15(20-13)11-7-4-3-5-8-11/h11-12H,2-10H2,1H3. The van der Waals surface area contributed by atoms with Gasteiger partial charge in [-0.2, -0.15) is 0 Å². The number of aryl methyl sites for hydroxylation is 1. The first-order chi connectivity index (χ1) is 9.79. The number of thiazole rings is 1. The van der Waals surface area contributed by atoms with Crippen LogP contribution in [0.5, 0.6) is 0 Å². The molecule has 0 radical (unpaired) electrons. The second kappa shape index (κ2) is 6.25. The molecule has 0 spiro atoms. The molecule has 2 aliphatic rings. The monoisotopic (exact) mass is 293 g/mol. The predicted octanol–water partition coefficient (Wildman–Crippen LogP) is 4.17. The van der Waals surface area contributed by atoms with Crippen molar-refractivity contribution in [2.75, 3.05) is 6.61 Å². The van der Waals surface area contributed by atoms with Gasteiger partial charge < -0.3 is 4.74 Å². The molecular formula is C16H23NO2S. The zero-order valence-electron chi connectivity index (χ0n) is 12.2. The van der Waals surface area contributed by atoms with Gasteiger partial charge in [-0.15, -0.1) is 11.3 Å². The minimum Gasteiger partial charge on any atom is -0.465 e. The minimum atomic E-state index is -0.104. The van der Waals surface area contributed by atoms with E-state index in [1.54, 1.807) is 0 Å². The molecule has 3 nitrogen and oxygen atoms in total. The Kier molecular flexibility index (Phi) is 4.39. The number of hydrogen-bond acceptors (Lipinski definition) is 4. The normalized spacial score (nSPS) is 23.4. The van der Waals surface area contributed by atoms with Gasteiger partial charge in [0.15, 0.2) is 0 Å². The topological polar surface area (TPSA) is 39.2 Å². The first-order valence-electron chi connectivity index (χ1n) is 7.95. The molecule has 1 aromatic heterocycles. The molecule has 0 N–H and O–H groups in total. The number of carbonyl (C=O) groups is 1. The number of esters is 1. The quantitative estimate of drug-likeness (QED) is 0.785. The van der Waals surface area contributed by atoms with Crippen LogP contribution in [0.4, 0.5) is 0 Å². The molecule has 4 heteroatoms. The average Bonchev–Trinajstić information content (AvgIpc) is 2.92. The highest BCUT2D eigenvalue weighted by Gasteiger charge is 2.32. The Labute approximate surface area is 124 Å². The van der Waals surface area contributed by atoms with Gasteiger partial charge >= 0.3 is 5.97 Å². The van der Waals surface area contributed by atoms with Crippen LogP contribution >= 0.6 is 11.3 Å². The van der Waals surface area contributed by atoms with E-state index in [1.165, 1.54) is 42.0 Å². The van der Waals surface area contributed by atoms with Gasteiger partial charge in [0.2, 0.25) is 0 Å². The van der Waals surface area contributed by atoms with Gasteiger partial charge in [-0.3, -0.25) is 4.79 Å². The van der Waals surface area contributed by atoms with Gasteiger partial charge in [0, 0.05) is 10.8 Å². The Hall–Kier alpha value is -0.900. The lowest BCUT2D eigenvalue weighted by Gasteiger charge is -2.19. The number of rotatable bonds is 3. The fourth-order valence-corrected chi connectivity index (χ4v) is 4.77. The first-order valence-corrected chi connectivity index (χ1v) is 8.77. The number of ether oxygens (including phenoxy) is 1. The Balaban J connectivity index is 1.82. The van der Waals surface area contributed by atoms with E-state index in [1.807, 2.05) is 18.3 Å². The van der Waals surface area contributed by atoms with E-state index < -0.39 is 0 Å². The number of nitrogens with zero attached hydrogens (tertiary/aromatic N) is 1. The molecule has 2 aliphatic carbocycles. The zero-order chi connectivity index (χ0) is 13.9. The van der Waals surface area contributed by atoms with Crippen LogP contribution in [0.3, 0.4) is 0 Å². The number of fused-ring (bicyclic) bond motifs is 1. The van der Waals surface area contributed by atoms with Crippen LogP contribution in [0.2, 0.25) is 0 Å². The van der Waals surface area contributed by atoms with Gasteiger partial charge in [-0.1, -0.05) is 19.3 Å². The molecular weight excluding hydrogens is 270 g/mol. The summed E-state index contributed by atoms with van der Waals surface area (Å²) in [4.78, 5) is 18.3. The summed E-state index contributed by atoms with van der Waals surface area (Å²) in [6.07, 6.45) is 9.66. The molecule has 1 unspecified atom stereocenters. The summed E-state index contributed by atoms with van der Waals surface area (Å²) in [7, 11) is 0. The van der Waals surface area contributed by atoms with E-state index in [-0.39, 0.29) is 11.9 Å². The van der Waals surface area contributed by atoms with E-state index in [2.05, 4.69) is 0 Å². The van der Waals surface area contributed by atoms with Crippen molar-refractivity contribution in [1.29, 1.82) is 0 Å². The average molecular weight is 293 g/mol. The zero-order valence-corrected chi connectivity index (χ0v) is 13.0. The molecule has 1 heterocycles. The van der Waals surface area contributed by atoms with Crippen LogP contribution in [-0.4, -0.2) is 17.6 Å². The lowest BCUT2D eigenvalue weighted by atomic mass is 9.89. The summed E-state index contributed by atoms with van der Waals surface area (Å²) in [5.74, 6) is 0.462. The molecule has 0 saturated heterocycles. The van der Waals surface area contributed by atoms with Crippen molar-refractivity contribution in [3.8, 4) is 0 Å².